The molecule has 1 nitrogen and oxygen atoms in total. The topological polar surface area (TPSA) is 23.8 Å². The normalized spacial score (nSPS) is 11.7. The quantitative estimate of drug-likeness (QED) is 0.175. The second-order valence-electron chi connectivity index (χ2n) is 13.6. The SMILES string of the molecule is CC(C)c1cc(C(C)C)c(-c2ccccc2P(C(C)(C)C)C(C)(C)C)c(C(C)C)c1.Cl.[NH-]CCc1[c]cccc1.[Pd]. The number of halogens is 1. The first-order valence-electron chi connectivity index (χ1n) is 14.8. The summed E-state index contributed by atoms with van der Waals surface area (Å²) in [4.78, 5) is 0. The van der Waals surface area contributed by atoms with Crippen LogP contribution in [0.2, 0.25) is 0 Å². The summed E-state index contributed by atoms with van der Waals surface area (Å²) >= 11 is 0. The molecule has 0 fully saturated rings. The van der Waals surface area contributed by atoms with Crippen molar-refractivity contribution >= 4 is 25.6 Å². The van der Waals surface area contributed by atoms with Crippen LogP contribution < -0.4 is 5.30 Å². The van der Waals surface area contributed by atoms with E-state index in [1.165, 1.54) is 27.8 Å². The van der Waals surface area contributed by atoms with Crippen LogP contribution in [0.3, 0.4) is 0 Å². The fourth-order valence-corrected chi connectivity index (χ4v) is 9.72. The van der Waals surface area contributed by atoms with Crippen LogP contribution in [0.1, 0.15) is 123 Å². The minimum atomic E-state index is -0.366. The molecule has 231 valence electrons. The van der Waals surface area contributed by atoms with Crippen molar-refractivity contribution in [1.29, 1.82) is 0 Å². The molecular weight excluding hydrogens is 631 g/mol. The monoisotopic (exact) mass is 685 g/mol. The summed E-state index contributed by atoms with van der Waals surface area (Å²) in [6.07, 6.45) is 0.820. The third-order valence-electron chi connectivity index (χ3n) is 7.06. The van der Waals surface area contributed by atoms with E-state index in [-0.39, 0.29) is 51.1 Å². The first-order chi connectivity index (χ1) is 18.1. The predicted octanol–water partition coefficient (Wildman–Crippen LogP) is 11.9. The van der Waals surface area contributed by atoms with Gasteiger partial charge in [0.1, 0.15) is 0 Å². The Hall–Kier alpha value is -0.998. The van der Waals surface area contributed by atoms with Crippen LogP contribution in [0, 0.1) is 6.07 Å². The zero-order valence-electron chi connectivity index (χ0n) is 27.6. The van der Waals surface area contributed by atoms with E-state index in [1.807, 2.05) is 24.3 Å². The first-order valence-corrected chi connectivity index (χ1v) is 16.1. The smallest absolute Gasteiger partial charge is 0 e. The molecule has 0 aliphatic heterocycles. The van der Waals surface area contributed by atoms with Crippen LogP contribution in [-0.4, -0.2) is 16.9 Å². The molecule has 41 heavy (non-hydrogen) atoms. The van der Waals surface area contributed by atoms with Crippen LogP contribution in [-0.2, 0) is 26.8 Å². The fourth-order valence-electron chi connectivity index (χ4n) is 5.60. The zero-order valence-corrected chi connectivity index (χ0v) is 30.9. The van der Waals surface area contributed by atoms with E-state index in [9.17, 15) is 0 Å². The molecule has 0 aromatic heterocycles. The van der Waals surface area contributed by atoms with Crippen molar-refractivity contribution in [2.24, 2.45) is 0 Å². The van der Waals surface area contributed by atoms with E-state index in [1.54, 1.807) is 5.30 Å². The van der Waals surface area contributed by atoms with Crippen molar-refractivity contribution < 1.29 is 20.4 Å². The second-order valence-corrected chi connectivity index (χ2v) is 17.5. The number of hydrogen-bond donors (Lipinski definition) is 0. The van der Waals surface area contributed by atoms with Gasteiger partial charge in [-0.2, -0.15) is 0 Å². The van der Waals surface area contributed by atoms with Gasteiger partial charge in [0.2, 0.25) is 0 Å². The molecule has 0 aliphatic carbocycles. The van der Waals surface area contributed by atoms with Gasteiger partial charge in [-0.05, 0) is 79.2 Å². The van der Waals surface area contributed by atoms with Crippen LogP contribution in [0.15, 0.2) is 60.7 Å². The van der Waals surface area contributed by atoms with Crippen molar-refractivity contribution in [1.82, 2.24) is 0 Å². The van der Waals surface area contributed by atoms with E-state index in [2.05, 4.69) is 126 Å². The molecule has 3 aromatic rings. The summed E-state index contributed by atoms with van der Waals surface area (Å²) in [5.74, 6) is 1.55. The molecule has 0 heterocycles. The van der Waals surface area contributed by atoms with E-state index in [4.69, 9.17) is 5.73 Å². The van der Waals surface area contributed by atoms with Gasteiger partial charge in [0, 0.05) is 20.4 Å². The number of rotatable bonds is 7. The summed E-state index contributed by atoms with van der Waals surface area (Å²) < 4.78 is 0. The van der Waals surface area contributed by atoms with Gasteiger partial charge < -0.3 is 5.73 Å². The minimum absolute atomic E-state index is 0. The molecule has 0 aliphatic rings. The Morgan fingerprint density at radius 2 is 1.22 bits per heavy atom. The van der Waals surface area contributed by atoms with E-state index in [0.717, 1.165) is 12.0 Å². The maximum absolute atomic E-state index is 6.92. The number of nitrogens with one attached hydrogen (secondary N) is 1. The number of benzene rings is 3. The van der Waals surface area contributed by atoms with Gasteiger partial charge in [0.25, 0.3) is 0 Å². The molecule has 0 saturated heterocycles. The summed E-state index contributed by atoms with van der Waals surface area (Å²) in [6.45, 7) is 29.1. The molecule has 0 amide bonds. The average Bonchev–Trinajstić information content (AvgIpc) is 2.83. The molecule has 0 spiro atoms. The maximum atomic E-state index is 6.92. The Morgan fingerprint density at radius 1 is 0.732 bits per heavy atom. The number of hydrogen-bond acceptors (Lipinski definition) is 0. The Bertz CT molecular complexity index is 1130. The Kier molecular flexibility index (Phi) is 16.9. The van der Waals surface area contributed by atoms with Crippen molar-refractivity contribution in [2.75, 3.05) is 6.54 Å². The zero-order chi connectivity index (χ0) is 29.5. The third kappa shape index (κ3) is 11.2. The molecule has 1 radical (unpaired) electrons. The van der Waals surface area contributed by atoms with Crippen molar-refractivity contribution in [3.63, 3.8) is 0 Å². The first kappa shape index (κ1) is 40.0. The van der Waals surface area contributed by atoms with Crippen molar-refractivity contribution in [3.8, 4) is 11.1 Å². The fraction of sp³-hybridized carbons (Fsp3) is 0.514. The van der Waals surface area contributed by atoms with E-state index >= 15 is 0 Å². The molecular formula is C37H55ClNPPd-. The van der Waals surface area contributed by atoms with Crippen LogP contribution in [0.5, 0.6) is 0 Å². The summed E-state index contributed by atoms with van der Waals surface area (Å²) in [5.41, 5.74) is 15.5. The second kappa shape index (κ2) is 17.3. The van der Waals surface area contributed by atoms with E-state index in [0.29, 0.717) is 24.3 Å². The molecule has 0 bridgehead atoms. The van der Waals surface area contributed by atoms with Gasteiger partial charge in [-0.25, -0.2) is 0 Å². The molecule has 0 atom stereocenters. The standard InChI is InChI=1S/C29H45P.C8H9N.ClH.Pd/c1-19(2)22-17-24(20(3)4)27(25(18-22)21(5)6)23-15-13-14-16-26(23)30(28(7,8)9)29(10,11)12;9-7-6-8-4-2-1-3-5-8;;/h13-21H,1-12H3;1-4,9H,6-7H2;1H;/q;-1;;. The summed E-state index contributed by atoms with van der Waals surface area (Å²) in [7, 11) is -0.366. The minimum Gasteiger partial charge on any atom is -0.677 e. The predicted molar refractivity (Wildman–Crippen MR) is 186 cm³/mol. The van der Waals surface area contributed by atoms with Gasteiger partial charge in [-0.1, -0.05) is 152 Å². The molecule has 0 saturated carbocycles. The van der Waals surface area contributed by atoms with Gasteiger partial charge >= 0.3 is 0 Å². The summed E-state index contributed by atoms with van der Waals surface area (Å²) in [5, 5.41) is 2.06. The third-order valence-corrected chi connectivity index (χ3v) is 10.6. The van der Waals surface area contributed by atoms with Gasteiger partial charge in [-0.15, -0.1) is 19.0 Å². The van der Waals surface area contributed by atoms with Crippen molar-refractivity contribution in [2.45, 2.75) is 118 Å². The van der Waals surface area contributed by atoms with Gasteiger partial charge in [0.15, 0.2) is 0 Å². The Morgan fingerprint density at radius 3 is 1.61 bits per heavy atom. The van der Waals surface area contributed by atoms with Gasteiger partial charge in [-0.3, -0.25) is 0 Å². The van der Waals surface area contributed by atoms with Crippen LogP contribution in [0.25, 0.3) is 16.9 Å². The Labute approximate surface area is 274 Å². The van der Waals surface area contributed by atoms with Gasteiger partial charge in [0.05, 0.1) is 0 Å². The molecule has 3 aromatic carbocycles. The Balaban J connectivity index is 0.00000124. The average molecular weight is 687 g/mol. The largest absolute Gasteiger partial charge is 0.677 e. The molecule has 0 unspecified atom stereocenters. The van der Waals surface area contributed by atoms with Crippen LogP contribution >= 0.6 is 20.3 Å². The van der Waals surface area contributed by atoms with E-state index < -0.39 is 0 Å². The van der Waals surface area contributed by atoms with Crippen molar-refractivity contribution in [3.05, 3.63) is 94.7 Å². The van der Waals surface area contributed by atoms with Crippen LogP contribution in [0.4, 0.5) is 0 Å². The maximum Gasteiger partial charge on any atom is 0 e. The molecule has 4 heteroatoms. The molecule has 1 N–H and O–H groups in total. The molecule has 3 rings (SSSR count). The summed E-state index contributed by atoms with van der Waals surface area (Å²) in [6, 6.07) is 25.1.